The number of amides is 2. The Morgan fingerprint density at radius 1 is 1.17 bits per heavy atom. The van der Waals surface area contributed by atoms with Crippen molar-refractivity contribution in [3.8, 4) is 0 Å². The molecule has 1 atom stereocenters. The molecule has 0 aliphatic carbocycles. The summed E-state index contributed by atoms with van der Waals surface area (Å²) in [6.45, 7) is 5.46. The lowest BCUT2D eigenvalue weighted by molar-refractivity contribution is -0.129. The van der Waals surface area contributed by atoms with Gasteiger partial charge in [0.15, 0.2) is 0 Å². The molecule has 8 heteroatoms. The van der Waals surface area contributed by atoms with Gasteiger partial charge in [0.2, 0.25) is 21.8 Å². The second-order valence-electron chi connectivity index (χ2n) is 5.65. The number of sulfonamides is 1. The molecule has 128 valence electrons. The maximum atomic E-state index is 12.1. The van der Waals surface area contributed by atoms with Crippen LogP contribution >= 0.6 is 0 Å². The SMILES string of the molecule is CC(=O)N[C@H](C(=O)NCCc1ccc(S(N)(=O)=O)cc1)C(C)C. The summed E-state index contributed by atoms with van der Waals surface area (Å²) in [4.78, 5) is 23.2. The van der Waals surface area contributed by atoms with Gasteiger partial charge in [0.25, 0.3) is 0 Å². The number of carbonyl (C=O) groups excluding carboxylic acids is 2. The molecule has 0 fully saturated rings. The van der Waals surface area contributed by atoms with Gasteiger partial charge in [-0.3, -0.25) is 9.59 Å². The van der Waals surface area contributed by atoms with Crippen molar-refractivity contribution in [1.29, 1.82) is 0 Å². The fraction of sp³-hybridized carbons (Fsp3) is 0.467. The predicted octanol–water partition coefficient (Wildman–Crippen LogP) is 0.153. The van der Waals surface area contributed by atoms with E-state index in [1.807, 2.05) is 13.8 Å². The highest BCUT2D eigenvalue weighted by atomic mass is 32.2. The average Bonchev–Trinajstić information content (AvgIpc) is 2.43. The summed E-state index contributed by atoms with van der Waals surface area (Å²) >= 11 is 0. The number of nitrogens with two attached hydrogens (primary N) is 1. The highest BCUT2D eigenvalue weighted by Gasteiger charge is 2.22. The molecule has 0 spiro atoms. The molecular formula is C15H23N3O4S. The average molecular weight is 341 g/mol. The van der Waals surface area contributed by atoms with Crippen LogP contribution in [-0.2, 0) is 26.0 Å². The maximum Gasteiger partial charge on any atom is 0.242 e. The van der Waals surface area contributed by atoms with E-state index < -0.39 is 16.1 Å². The second kappa shape index (κ2) is 8.07. The highest BCUT2D eigenvalue weighted by molar-refractivity contribution is 7.89. The third-order valence-electron chi connectivity index (χ3n) is 3.27. The lowest BCUT2D eigenvalue weighted by Gasteiger charge is -2.20. The summed E-state index contributed by atoms with van der Waals surface area (Å²) in [6, 6.07) is 5.60. The van der Waals surface area contributed by atoms with Gasteiger partial charge in [0.05, 0.1) is 4.90 Å². The van der Waals surface area contributed by atoms with Crippen molar-refractivity contribution in [3.05, 3.63) is 29.8 Å². The zero-order chi connectivity index (χ0) is 17.6. The summed E-state index contributed by atoms with van der Waals surface area (Å²) in [6.07, 6.45) is 0.543. The van der Waals surface area contributed by atoms with Crippen LogP contribution in [0.25, 0.3) is 0 Å². The highest BCUT2D eigenvalue weighted by Crippen LogP contribution is 2.09. The van der Waals surface area contributed by atoms with Crippen LogP contribution in [-0.4, -0.2) is 32.8 Å². The van der Waals surface area contributed by atoms with Crippen molar-refractivity contribution in [2.24, 2.45) is 11.1 Å². The molecule has 0 saturated carbocycles. The first-order chi connectivity index (χ1) is 10.6. The maximum absolute atomic E-state index is 12.1. The molecule has 0 bridgehead atoms. The Hall–Kier alpha value is -1.93. The van der Waals surface area contributed by atoms with Crippen LogP contribution in [0, 0.1) is 5.92 Å². The van der Waals surface area contributed by atoms with E-state index in [1.165, 1.54) is 19.1 Å². The number of benzene rings is 1. The molecule has 1 aromatic carbocycles. The molecule has 1 aromatic rings. The van der Waals surface area contributed by atoms with Crippen molar-refractivity contribution in [1.82, 2.24) is 10.6 Å². The molecule has 23 heavy (non-hydrogen) atoms. The molecule has 7 nitrogen and oxygen atoms in total. The summed E-state index contributed by atoms with van der Waals surface area (Å²) in [5.41, 5.74) is 0.873. The van der Waals surface area contributed by atoms with Crippen LogP contribution in [0.2, 0.25) is 0 Å². The lowest BCUT2D eigenvalue weighted by atomic mass is 10.0. The van der Waals surface area contributed by atoms with Crippen LogP contribution in [0.15, 0.2) is 29.2 Å². The van der Waals surface area contributed by atoms with E-state index in [-0.39, 0.29) is 22.6 Å². The molecule has 0 radical (unpaired) electrons. The summed E-state index contributed by atoms with van der Waals surface area (Å²) < 4.78 is 22.3. The standard InChI is InChI=1S/C15H23N3O4S/c1-10(2)14(18-11(3)19)15(20)17-9-8-12-4-6-13(7-5-12)23(16,21)22/h4-7,10,14H,8-9H2,1-3H3,(H,17,20)(H,18,19)(H2,16,21,22)/t14-/m0/s1. The Kier molecular flexibility index (Phi) is 6.71. The van der Waals surface area contributed by atoms with Gasteiger partial charge in [-0.05, 0) is 30.0 Å². The fourth-order valence-corrected chi connectivity index (χ4v) is 2.56. The number of rotatable bonds is 7. The zero-order valence-electron chi connectivity index (χ0n) is 13.5. The molecule has 1 rings (SSSR count). The van der Waals surface area contributed by atoms with Crippen LogP contribution in [0.3, 0.4) is 0 Å². The Bertz CT molecular complexity index is 654. The quantitative estimate of drug-likeness (QED) is 0.654. The van der Waals surface area contributed by atoms with E-state index in [0.717, 1.165) is 5.56 Å². The first kappa shape index (κ1) is 19.1. The van der Waals surface area contributed by atoms with Crippen molar-refractivity contribution >= 4 is 21.8 Å². The number of hydrogen-bond donors (Lipinski definition) is 3. The van der Waals surface area contributed by atoms with Gasteiger partial charge in [-0.15, -0.1) is 0 Å². The first-order valence-corrected chi connectivity index (χ1v) is 8.82. The Morgan fingerprint density at radius 2 is 1.74 bits per heavy atom. The van der Waals surface area contributed by atoms with Gasteiger partial charge in [-0.1, -0.05) is 26.0 Å². The molecule has 0 heterocycles. The number of hydrogen-bond acceptors (Lipinski definition) is 4. The molecule has 0 unspecified atom stereocenters. The minimum atomic E-state index is -3.70. The Labute approximate surface area is 136 Å². The smallest absolute Gasteiger partial charge is 0.242 e. The zero-order valence-corrected chi connectivity index (χ0v) is 14.3. The fourth-order valence-electron chi connectivity index (χ4n) is 2.04. The van der Waals surface area contributed by atoms with Crippen LogP contribution in [0.1, 0.15) is 26.3 Å². The first-order valence-electron chi connectivity index (χ1n) is 7.28. The largest absolute Gasteiger partial charge is 0.354 e. The molecular weight excluding hydrogens is 318 g/mol. The van der Waals surface area contributed by atoms with Gasteiger partial charge >= 0.3 is 0 Å². The van der Waals surface area contributed by atoms with E-state index in [4.69, 9.17) is 5.14 Å². The minimum Gasteiger partial charge on any atom is -0.354 e. The summed E-state index contributed by atoms with van der Waals surface area (Å²) in [5.74, 6) is -0.512. The Balaban J connectivity index is 2.55. The van der Waals surface area contributed by atoms with E-state index in [1.54, 1.807) is 12.1 Å². The van der Waals surface area contributed by atoms with Crippen LogP contribution in [0.5, 0.6) is 0 Å². The normalized spacial score (nSPS) is 12.7. The number of nitrogens with one attached hydrogen (secondary N) is 2. The van der Waals surface area contributed by atoms with Gasteiger partial charge in [-0.25, -0.2) is 13.6 Å². The monoisotopic (exact) mass is 341 g/mol. The van der Waals surface area contributed by atoms with E-state index in [0.29, 0.717) is 13.0 Å². The molecule has 0 aliphatic rings. The van der Waals surface area contributed by atoms with Crippen molar-refractivity contribution in [3.63, 3.8) is 0 Å². The number of carbonyl (C=O) groups is 2. The van der Waals surface area contributed by atoms with Gasteiger partial charge in [0, 0.05) is 13.5 Å². The summed E-state index contributed by atoms with van der Waals surface area (Å²) in [7, 11) is -3.70. The molecule has 0 aromatic heterocycles. The molecule has 0 saturated heterocycles. The van der Waals surface area contributed by atoms with Gasteiger partial charge in [0.1, 0.15) is 6.04 Å². The minimum absolute atomic E-state index is 0.0204. The van der Waals surface area contributed by atoms with Gasteiger partial charge in [-0.2, -0.15) is 0 Å². The van der Waals surface area contributed by atoms with Crippen molar-refractivity contribution in [2.45, 2.75) is 38.1 Å². The van der Waals surface area contributed by atoms with Crippen molar-refractivity contribution in [2.75, 3.05) is 6.54 Å². The molecule has 2 amide bonds. The molecule has 0 aliphatic heterocycles. The van der Waals surface area contributed by atoms with Crippen molar-refractivity contribution < 1.29 is 18.0 Å². The summed E-state index contributed by atoms with van der Waals surface area (Å²) in [5, 5.41) is 10.4. The topological polar surface area (TPSA) is 118 Å². The third-order valence-corrected chi connectivity index (χ3v) is 4.20. The predicted molar refractivity (Wildman–Crippen MR) is 87.0 cm³/mol. The Morgan fingerprint density at radius 3 is 2.17 bits per heavy atom. The van der Waals surface area contributed by atoms with Crippen LogP contribution < -0.4 is 15.8 Å². The third kappa shape index (κ3) is 6.37. The van der Waals surface area contributed by atoms with Gasteiger partial charge < -0.3 is 10.6 Å². The number of primary sulfonamides is 1. The second-order valence-corrected chi connectivity index (χ2v) is 7.21. The van der Waals surface area contributed by atoms with Crippen LogP contribution in [0.4, 0.5) is 0 Å². The van der Waals surface area contributed by atoms with E-state index in [2.05, 4.69) is 10.6 Å². The van der Waals surface area contributed by atoms with E-state index in [9.17, 15) is 18.0 Å². The van der Waals surface area contributed by atoms with E-state index >= 15 is 0 Å². The molecule has 4 N–H and O–H groups in total. The lowest BCUT2D eigenvalue weighted by Crippen LogP contribution is -2.49.